The van der Waals surface area contributed by atoms with Crippen molar-refractivity contribution in [2.75, 3.05) is 0 Å². The number of rotatable bonds is 9. The lowest BCUT2D eigenvalue weighted by Gasteiger charge is -2.23. The molecule has 0 heterocycles. The highest BCUT2D eigenvalue weighted by atomic mass is 19.1. The second kappa shape index (κ2) is 10.7. The predicted octanol–water partition coefficient (Wildman–Crippen LogP) is 2.23. The topological polar surface area (TPSA) is 98.7 Å². The maximum atomic E-state index is 13.3. The molecule has 0 saturated carbocycles. The summed E-state index contributed by atoms with van der Waals surface area (Å²) in [5.41, 5.74) is 0.999. The predicted molar refractivity (Wildman–Crippen MR) is 109 cm³/mol. The molecular formula is C21H26BFN2O4. The molecule has 8 heteroatoms. The van der Waals surface area contributed by atoms with Crippen LogP contribution in [0.4, 0.5) is 4.39 Å². The van der Waals surface area contributed by atoms with Crippen LogP contribution in [-0.2, 0) is 4.79 Å². The first kappa shape index (κ1) is 22.6. The molecule has 0 saturated heterocycles. The first-order valence-corrected chi connectivity index (χ1v) is 9.53. The Bertz CT molecular complexity index is 800. The Balaban J connectivity index is 2.15. The van der Waals surface area contributed by atoms with Gasteiger partial charge in [0.25, 0.3) is 5.91 Å². The first-order valence-electron chi connectivity index (χ1n) is 9.53. The Kier molecular flexibility index (Phi) is 8.36. The van der Waals surface area contributed by atoms with Crippen molar-refractivity contribution in [2.45, 2.75) is 38.7 Å². The number of hydrogen-bond acceptors (Lipinski definition) is 4. The summed E-state index contributed by atoms with van der Waals surface area (Å²) in [5.74, 6) is -1.92. The van der Waals surface area contributed by atoms with Gasteiger partial charge in [0, 0.05) is 5.56 Å². The molecule has 0 aliphatic rings. The van der Waals surface area contributed by atoms with Crippen LogP contribution in [0.3, 0.4) is 0 Å². The number of benzene rings is 2. The van der Waals surface area contributed by atoms with E-state index in [9.17, 15) is 24.0 Å². The molecule has 0 bridgehead atoms. The maximum Gasteiger partial charge on any atom is 0.475 e. The minimum Gasteiger partial charge on any atom is -0.426 e. The maximum absolute atomic E-state index is 13.3. The summed E-state index contributed by atoms with van der Waals surface area (Å²) in [6.07, 6.45) is 0.256. The van der Waals surface area contributed by atoms with Crippen molar-refractivity contribution in [3.05, 3.63) is 71.5 Å². The van der Waals surface area contributed by atoms with E-state index in [1.165, 1.54) is 24.3 Å². The molecule has 2 amide bonds. The lowest BCUT2D eigenvalue weighted by molar-refractivity contribution is -0.122. The van der Waals surface area contributed by atoms with E-state index in [0.717, 1.165) is 0 Å². The molecule has 29 heavy (non-hydrogen) atoms. The van der Waals surface area contributed by atoms with E-state index < -0.39 is 30.8 Å². The van der Waals surface area contributed by atoms with Crippen LogP contribution >= 0.6 is 0 Å². The van der Waals surface area contributed by atoms with Crippen molar-refractivity contribution in [3.8, 4) is 0 Å². The van der Waals surface area contributed by atoms with E-state index in [2.05, 4.69) is 10.6 Å². The smallest absolute Gasteiger partial charge is 0.426 e. The van der Waals surface area contributed by atoms with Gasteiger partial charge in [-0.05, 0) is 42.2 Å². The molecule has 154 valence electrons. The number of carbonyl (C=O) groups excluding carboxylic acids is 2. The minimum atomic E-state index is -1.69. The van der Waals surface area contributed by atoms with Gasteiger partial charge >= 0.3 is 7.12 Å². The zero-order valence-corrected chi connectivity index (χ0v) is 16.5. The summed E-state index contributed by atoms with van der Waals surface area (Å²) in [6.45, 7) is 3.81. The van der Waals surface area contributed by atoms with E-state index >= 15 is 0 Å². The fourth-order valence-corrected chi connectivity index (χ4v) is 2.99. The fourth-order valence-electron chi connectivity index (χ4n) is 2.99. The summed E-state index contributed by atoms with van der Waals surface area (Å²) in [4.78, 5) is 25.1. The van der Waals surface area contributed by atoms with Crippen molar-refractivity contribution in [2.24, 2.45) is 5.92 Å². The van der Waals surface area contributed by atoms with Crippen LogP contribution in [0.2, 0.25) is 0 Å². The number of halogens is 1. The van der Waals surface area contributed by atoms with Gasteiger partial charge in [-0.15, -0.1) is 0 Å². The van der Waals surface area contributed by atoms with Crippen LogP contribution in [0, 0.1) is 11.7 Å². The molecule has 2 aromatic rings. The van der Waals surface area contributed by atoms with Crippen LogP contribution in [0.1, 0.15) is 48.7 Å². The molecular weight excluding hydrogens is 374 g/mol. The van der Waals surface area contributed by atoms with E-state index in [1.807, 2.05) is 13.8 Å². The normalized spacial score (nSPS) is 12.9. The van der Waals surface area contributed by atoms with E-state index in [0.29, 0.717) is 17.5 Å². The summed E-state index contributed by atoms with van der Waals surface area (Å²) >= 11 is 0. The lowest BCUT2D eigenvalue weighted by atomic mass is 9.75. The molecule has 6 nitrogen and oxygen atoms in total. The number of nitrogens with one attached hydrogen (secondary N) is 2. The molecule has 0 aromatic heterocycles. The molecule has 4 N–H and O–H groups in total. The highest BCUT2D eigenvalue weighted by Gasteiger charge is 2.27. The second-order valence-corrected chi connectivity index (χ2v) is 7.36. The van der Waals surface area contributed by atoms with Gasteiger partial charge < -0.3 is 20.7 Å². The molecule has 0 aliphatic heterocycles. The highest BCUT2D eigenvalue weighted by Crippen LogP contribution is 2.19. The SMILES string of the molecule is CC(C)C[C@H](NC(=O)CC(NC(=O)c1ccccc1)c1ccc(F)cc1)B(O)O. The summed E-state index contributed by atoms with van der Waals surface area (Å²) in [5, 5.41) is 24.4. The van der Waals surface area contributed by atoms with Gasteiger partial charge in [-0.3, -0.25) is 9.59 Å². The van der Waals surface area contributed by atoms with Crippen molar-refractivity contribution in [3.63, 3.8) is 0 Å². The van der Waals surface area contributed by atoms with Gasteiger partial charge in [-0.2, -0.15) is 0 Å². The molecule has 2 rings (SSSR count). The largest absolute Gasteiger partial charge is 0.475 e. The first-order chi connectivity index (χ1) is 13.8. The lowest BCUT2D eigenvalue weighted by Crippen LogP contribution is -2.48. The van der Waals surface area contributed by atoms with E-state index in [-0.39, 0.29) is 18.2 Å². The Labute approximate surface area is 170 Å². The Morgan fingerprint density at radius 2 is 1.62 bits per heavy atom. The Morgan fingerprint density at radius 3 is 2.17 bits per heavy atom. The molecule has 0 radical (unpaired) electrons. The molecule has 2 atom stereocenters. The van der Waals surface area contributed by atoms with Crippen LogP contribution in [0.15, 0.2) is 54.6 Å². The quantitative estimate of drug-likeness (QED) is 0.485. The molecule has 0 aliphatic carbocycles. The molecule has 2 aromatic carbocycles. The minimum absolute atomic E-state index is 0.133. The van der Waals surface area contributed by atoms with Gasteiger partial charge in [0.05, 0.1) is 18.4 Å². The average Bonchev–Trinajstić information content (AvgIpc) is 2.67. The monoisotopic (exact) mass is 400 g/mol. The zero-order chi connectivity index (χ0) is 21.4. The van der Waals surface area contributed by atoms with E-state index in [1.54, 1.807) is 30.3 Å². The summed E-state index contributed by atoms with van der Waals surface area (Å²) in [7, 11) is -1.69. The number of hydrogen-bond donors (Lipinski definition) is 4. The number of amides is 2. The third kappa shape index (κ3) is 7.32. The van der Waals surface area contributed by atoms with Crippen LogP contribution in [0.5, 0.6) is 0 Å². The van der Waals surface area contributed by atoms with Crippen LogP contribution in [-0.4, -0.2) is 34.9 Å². The fraction of sp³-hybridized carbons (Fsp3) is 0.333. The molecule has 0 fully saturated rings. The Hall–Kier alpha value is -2.71. The molecule has 1 unspecified atom stereocenters. The second-order valence-electron chi connectivity index (χ2n) is 7.36. The summed E-state index contributed by atoms with van der Waals surface area (Å²) < 4.78 is 13.3. The molecule has 0 spiro atoms. The third-order valence-electron chi connectivity index (χ3n) is 4.43. The van der Waals surface area contributed by atoms with Crippen molar-refractivity contribution < 1.29 is 24.0 Å². The van der Waals surface area contributed by atoms with Gasteiger partial charge in [0.15, 0.2) is 0 Å². The zero-order valence-electron chi connectivity index (χ0n) is 16.5. The van der Waals surface area contributed by atoms with Crippen molar-refractivity contribution in [1.82, 2.24) is 10.6 Å². The average molecular weight is 400 g/mol. The highest BCUT2D eigenvalue weighted by molar-refractivity contribution is 6.43. The summed E-state index contributed by atoms with van der Waals surface area (Å²) in [6, 6.07) is 13.4. The van der Waals surface area contributed by atoms with Crippen LogP contribution < -0.4 is 10.6 Å². The third-order valence-corrected chi connectivity index (χ3v) is 4.43. The van der Waals surface area contributed by atoms with Gasteiger partial charge in [-0.1, -0.05) is 44.2 Å². The van der Waals surface area contributed by atoms with Crippen molar-refractivity contribution in [1.29, 1.82) is 0 Å². The van der Waals surface area contributed by atoms with Crippen molar-refractivity contribution >= 4 is 18.9 Å². The van der Waals surface area contributed by atoms with E-state index in [4.69, 9.17) is 0 Å². The number of carbonyl (C=O) groups is 2. The van der Waals surface area contributed by atoms with Crippen LogP contribution in [0.25, 0.3) is 0 Å². The Morgan fingerprint density at radius 1 is 1.00 bits per heavy atom. The van der Waals surface area contributed by atoms with Gasteiger partial charge in [0.1, 0.15) is 5.82 Å². The standard InChI is InChI=1S/C21H26BFN2O4/c1-14(2)12-19(22(28)29)25-20(26)13-18(15-8-10-17(23)11-9-15)24-21(27)16-6-4-3-5-7-16/h3-11,14,18-19,28-29H,12-13H2,1-2H3,(H,24,27)(H,25,26)/t18?,19-/m0/s1. The van der Waals surface area contributed by atoms with Gasteiger partial charge in [0.2, 0.25) is 5.91 Å². The van der Waals surface area contributed by atoms with Gasteiger partial charge in [-0.25, -0.2) is 4.39 Å².